The van der Waals surface area contributed by atoms with Crippen LogP contribution >= 0.6 is 11.8 Å². The Hall–Kier alpha value is -1.98. The summed E-state index contributed by atoms with van der Waals surface area (Å²) in [5.41, 5.74) is 4.65. The van der Waals surface area contributed by atoms with E-state index in [4.69, 9.17) is 9.73 Å². The summed E-state index contributed by atoms with van der Waals surface area (Å²) in [6, 6.07) is 16.8. The van der Waals surface area contributed by atoms with Crippen LogP contribution in [0.3, 0.4) is 0 Å². The fourth-order valence-corrected chi connectivity index (χ4v) is 4.90. The third-order valence-electron chi connectivity index (χ3n) is 5.18. The Balaban J connectivity index is 1.65. The van der Waals surface area contributed by atoms with Gasteiger partial charge in [0.15, 0.2) is 0 Å². The number of rotatable bonds is 4. The molecule has 0 atom stereocenters. The second-order valence-corrected chi connectivity index (χ2v) is 8.08. The Morgan fingerprint density at radius 2 is 1.69 bits per heavy atom. The number of nitrogens with zero attached hydrogens (tertiary/aromatic N) is 1. The molecule has 2 heterocycles. The number of nitrogens with one attached hydrogen (secondary N) is 2. The van der Waals surface area contributed by atoms with E-state index in [1.807, 2.05) is 11.8 Å². The lowest BCUT2D eigenvalue weighted by molar-refractivity contribution is 0.184. The molecule has 1 spiro atoms. The molecular formula is C21H25N3OS. The van der Waals surface area contributed by atoms with E-state index >= 15 is 0 Å². The van der Waals surface area contributed by atoms with Crippen molar-refractivity contribution in [2.45, 2.75) is 31.5 Å². The maximum atomic E-state index is 5.34. The molecule has 0 aromatic heterocycles. The molecule has 2 aromatic carbocycles. The van der Waals surface area contributed by atoms with Crippen molar-refractivity contribution in [1.82, 2.24) is 0 Å². The van der Waals surface area contributed by atoms with Gasteiger partial charge in [-0.2, -0.15) is 11.8 Å². The highest BCUT2D eigenvalue weighted by molar-refractivity contribution is 7.99. The lowest BCUT2D eigenvalue weighted by atomic mass is 9.87. The normalized spacial score (nSPS) is 19.7. The highest BCUT2D eigenvalue weighted by Crippen LogP contribution is 2.38. The van der Waals surface area contributed by atoms with Crippen LogP contribution in [0, 0.1) is 0 Å². The molecule has 1 saturated heterocycles. The number of amidine groups is 1. The number of aliphatic imine (C=N–C) groups is 1. The lowest BCUT2D eigenvalue weighted by Crippen LogP contribution is -2.54. The Kier molecular flexibility index (Phi) is 5.18. The van der Waals surface area contributed by atoms with Crippen LogP contribution < -0.4 is 10.6 Å². The van der Waals surface area contributed by atoms with E-state index in [0.29, 0.717) is 13.2 Å². The van der Waals surface area contributed by atoms with Gasteiger partial charge >= 0.3 is 0 Å². The molecule has 0 unspecified atom stereocenters. The largest absolute Gasteiger partial charge is 0.380 e. The highest BCUT2D eigenvalue weighted by Gasteiger charge is 2.40. The summed E-state index contributed by atoms with van der Waals surface area (Å²) in [6.07, 6.45) is 2.19. The molecule has 0 radical (unpaired) electrons. The zero-order chi connectivity index (χ0) is 17.8. The number of hydrogen-bond donors (Lipinski definition) is 2. The van der Waals surface area contributed by atoms with Crippen LogP contribution in [-0.2, 0) is 17.9 Å². The fourth-order valence-electron chi connectivity index (χ4n) is 3.71. The molecular weight excluding hydrogens is 342 g/mol. The third-order valence-corrected chi connectivity index (χ3v) is 6.17. The van der Waals surface area contributed by atoms with Gasteiger partial charge < -0.3 is 15.4 Å². The monoisotopic (exact) mass is 367 g/mol. The summed E-state index contributed by atoms with van der Waals surface area (Å²) < 4.78 is 5.34. The van der Waals surface area contributed by atoms with Crippen LogP contribution in [0.15, 0.2) is 53.5 Å². The van der Waals surface area contributed by atoms with Crippen LogP contribution in [0.4, 0.5) is 11.4 Å². The number of ether oxygens (including phenoxy) is 1. The number of para-hydroxylation sites is 2. The molecule has 2 aliphatic rings. The van der Waals surface area contributed by atoms with Crippen molar-refractivity contribution in [3.63, 3.8) is 0 Å². The summed E-state index contributed by atoms with van der Waals surface area (Å²) in [5, 5.41) is 7.43. The summed E-state index contributed by atoms with van der Waals surface area (Å²) >= 11 is 2.03. The number of methoxy groups -OCH3 is 1. The van der Waals surface area contributed by atoms with Crippen molar-refractivity contribution in [1.29, 1.82) is 0 Å². The average Bonchev–Trinajstić information content (AvgIpc) is 2.68. The molecule has 0 aliphatic carbocycles. The van der Waals surface area contributed by atoms with E-state index in [2.05, 4.69) is 59.2 Å². The average molecular weight is 368 g/mol. The minimum Gasteiger partial charge on any atom is -0.380 e. The quantitative estimate of drug-likeness (QED) is 0.833. The first-order valence-corrected chi connectivity index (χ1v) is 10.3. The van der Waals surface area contributed by atoms with Gasteiger partial charge in [-0.1, -0.05) is 36.4 Å². The molecule has 136 valence electrons. The summed E-state index contributed by atoms with van der Waals surface area (Å²) in [5.74, 6) is 3.40. The topological polar surface area (TPSA) is 45.6 Å². The van der Waals surface area contributed by atoms with Gasteiger partial charge in [0.1, 0.15) is 5.84 Å². The van der Waals surface area contributed by atoms with E-state index in [1.165, 1.54) is 16.8 Å². The van der Waals surface area contributed by atoms with Crippen molar-refractivity contribution < 1.29 is 4.74 Å². The first kappa shape index (κ1) is 17.4. The van der Waals surface area contributed by atoms with Crippen molar-refractivity contribution >= 4 is 29.0 Å². The van der Waals surface area contributed by atoms with Crippen LogP contribution in [0.5, 0.6) is 0 Å². The highest BCUT2D eigenvalue weighted by atomic mass is 32.2. The van der Waals surface area contributed by atoms with Crippen molar-refractivity contribution in [3.05, 3.63) is 59.7 Å². The number of hydrogen-bond acceptors (Lipinski definition) is 4. The molecule has 0 bridgehead atoms. The van der Waals surface area contributed by atoms with Gasteiger partial charge in [-0.3, -0.25) is 4.99 Å². The van der Waals surface area contributed by atoms with Crippen LogP contribution in [0.1, 0.15) is 24.0 Å². The van der Waals surface area contributed by atoms with Gasteiger partial charge in [0.2, 0.25) is 0 Å². The molecule has 26 heavy (non-hydrogen) atoms. The smallest absolute Gasteiger partial charge is 0.127 e. The number of benzene rings is 2. The molecule has 2 aromatic rings. The Morgan fingerprint density at radius 3 is 2.46 bits per heavy atom. The fraction of sp³-hybridized carbons (Fsp3) is 0.381. The number of thioether (sulfide) groups is 1. The van der Waals surface area contributed by atoms with Gasteiger partial charge in [-0.05, 0) is 47.6 Å². The molecule has 0 amide bonds. The number of anilines is 2. The maximum absolute atomic E-state index is 5.34. The van der Waals surface area contributed by atoms with Crippen molar-refractivity contribution in [2.75, 3.05) is 29.2 Å². The molecule has 4 nitrogen and oxygen atoms in total. The first-order valence-electron chi connectivity index (χ1n) is 9.13. The maximum Gasteiger partial charge on any atom is 0.127 e. The molecule has 4 rings (SSSR count). The Labute approximate surface area is 159 Å². The zero-order valence-corrected chi connectivity index (χ0v) is 15.9. The van der Waals surface area contributed by atoms with Gasteiger partial charge in [-0.15, -0.1) is 0 Å². The van der Waals surface area contributed by atoms with E-state index in [1.54, 1.807) is 7.11 Å². The first-order chi connectivity index (χ1) is 12.8. The van der Waals surface area contributed by atoms with Crippen LogP contribution in [-0.4, -0.2) is 30.0 Å². The predicted molar refractivity (Wildman–Crippen MR) is 111 cm³/mol. The van der Waals surface area contributed by atoms with E-state index in [9.17, 15) is 0 Å². The predicted octanol–water partition coefficient (Wildman–Crippen LogP) is 4.53. The van der Waals surface area contributed by atoms with Gasteiger partial charge in [0, 0.05) is 7.11 Å². The minimum absolute atomic E-state index is 0.0736. The molecule has 5 heteroatoms. The molecule has 2 N–H and O–H groups in total. The minimum atomic E-state index is -0.0736. The second kappa shape index (κ2) is 7.72. The van der Waals surface area contributed by atoms with Gasteiger partial charge in [-0.25, -0.2) is 0 Å². The molecule has 0 saturated carbocycles. The second-order valence-electron chi connectivity index (χ2n) is 6.86. The van der Waals surface area contributed by atoms with Crippen molar-refractivity contribution in [3.8, 4) is 0 Å². The zero-order valence-electron chi connectivity index (χ0n) is 15.1. The van der Waals surface area contributed by atoms with E-state index in [-0.39, 0.29) is 5.54 Å². The Bertz CT molecular complexity index is 799. The van der Waals surface area contributed by atoms with Gasteiger partial charge in [0.05, 0.1) is 30.1 Å². The van der Waals surface area contributed by atoms with E-state index < -0.39 is 0 Å². The lowest BCUT2D eigenvalue weighted by Gasteiger charge is -2.43. The molecule has 2 aliphatic heterocycles. The van der Waals surface area contributed by atoms with Gasteiger partial charge in [0.25, 0.3) is 0 Å². The Morgan fingerprint density at radius 1 is 1.00 bits per heavy atom. The third kappa shape index (κ3) is 3.46. The van der Waals surface area contributed by atoms with E-state index in [0.717, 1.165) is 35.9 Å². The van der Waals surface area contributed by atoms with Crippen LogP contribution in [0.2, 0.25) is 0 Å². The van der Waals surface area contributed by atoms with Crippen molar-refractivity contribution in [2.24, 2.45) is 4.99 Å². The summed E-state index contributed by atoms with van der Waals surface area (Å²) in [7, 11) is 1.74. The number of fused-ring (bicyclic) bond motifs is 1. The standard InChI is InChI=1S/C21H25N3OS/c1-25-15-17-7-3-2-6-16(17)14-22-20-21(10-12-26-13-11-21)24-19-9-5-4-8-18(19)23-20/h2-9,24H,10-15H2,1H3,(H,22,23). The summed E-state index contributed by atoms with van der Waals surface area (Å²) in [4.78, 5) is 5.05. The summed E-state index contributed by atoms with van der Waals surface area (Å²) in [6.45, 7) is 1.29. The molecule has 1 fully saturated rings. The SMILES string of the molecule is COCc1ccccc1CN=C1Nc2ccccc2NC12CCSCC2. The van der Waals surface area contributed by atoms with Crippen LogP contribution in [0.25, 0.3) is 0 Å².